The number of allylic oxidation sites excluding steroid dienone is 1. The van der Waals surface area contributed by atoms with Gasteiger partial charge in [0, 0.05) is 23.2 Å². The molecule has 0 radical (unpaired) electrons. The minimum atomic E-state index is 0.357. The number of hydrogen-bond acceptors (Lipinski definition) is 2. The third kappa shape index (κ3) is 5.12. The molecule has 0 aromatic carbocycles. The molecule has 1 atom stereocenters. The van der Waals surface area contributed by atoms with E-state index in [-0.39, 0.29) is 0 Å². The van der Waals surface area contributed by atoms with Crippen molar-refractivity contribution in [3.63, 3.8) is 0 Å². The molecule has 0 saturated heterocycles. The van der Waals surface area contributed by atoms with Gasteiger partial charge in [0.05, 0.1) is 5.88 Å². The second kappa shape index (κ2) is 7.63. The normalized spacial score (nSPS) is 15.3. The summed E-state index contributed by atoms with van der Waals surface area (Å²) in [6.07, 6.45) is 3.79. The lowest BCUT2D eigenvalue weighted by molar-refractivity contribution is 0.725. The van der Waals surface area contributed by atoms with Crippen molar-refractivity contribution in [1.82, 2.24) is 0 Å². The van der Waals surface area contributed by atoms with Crippen LogP contribution in [0.5, 0.6) is 0 Å². The highest BCUT2D eigenvalue weighted by Crippen LogP contribution is 2.09. The first kappa shape index (κ1) is 14.4. The van der Waals surface area contributed by atoms with Gasteiger partial charge in [-0.3, -0.25) is 4.99 Å². The second-order valence-corrected chi connectivity index (χ2v) is 3.96. The number of rotatable bonds is 6. The van der Waals surface area contributed by atoms with Gasteiger partial charge >= 0.3 is 0 Å². The van der Waals surface area contributed by atoms with E-state index < -0.39 is 0 Å². The molecular formula is C12H21ClN2. The van der Waals surface area contributed by atoms with Gasteiger partial charge in [0.2, 0.25) is 0 Å². The molecule has 0 saturated carbocycles. The Hall–Kier alpha value is -0.630. The van der Waals surface area contributed by atoms with Crippen molar-refractivity contribution in [1.29, 1.82) is 5.41 Å². The zero-order valence-corrected chi connectivity index (χ0v) is 10.9. The van der Waals surface area contributed by atoms with E-state index in [1.165, 1.54) is 5.71 Å². The smallest absolute Gasteiger partial charge is 0.0507 e. The van der Waals surface area contributed by atoms with Crippen LogP contribution in [0, 0.1) is 11.3 Å². The molecule has 86 valence electrons. The molecule has 15 heavy (non-hydrogen) atoms. The van der Waals surface area contributed by atoms with E-state index in [0.717, 1.165) is 18.4 Å². The van der Waals surface area contributed by atoms with Crippen LogP contribution in [0.15, 0.2) is 16.8 Å². The molecular weight excluding hydrogens is 208 g/mol. The molecule has 1 unspecified atom stereocenters. The highest BCUT2D eigenvalue weighted by molar-refractivity contribution is 6.23. The Balaban J connectivity index is 4.76. The fraction of sp³-hybridized carbons (Fsp3) is 0.667. The van der Waals surface area contributed by atoms with Gasteiger partial charge in [-0.1, -0.05) is 20.8 Å². The third-order valence-corrected chi connectivity index (χ3v) is 2.84. The molecule has 0 spiro atoms. The van der Waals surface area contributed by atoms with Crippen molar-refractivity contribution in [2.75, 3.05) is 5.88 Å². The predicted molar refractivity (Wildman–Crippen MR) is 69.4 cm³/mol. The van der Waals surface area contributed by atoms with E-state index in [2.05, 4.69) is 25.8 Å². The summed E-state index contributed by atoms with van der Waals surface area (Å²) in [6.45, 7) is 8.17. The summed E-state index contributed by atoms with van der Waals surface area (Å²) in [6, 6.07) is 0. The molecule has 0 aliphatic carbocycles. The van der Waals surface area contributed by atoms with E-state index in [9.17, 15) is 0 Å². The maximum atomic E-state index is 7.48. The minimum absolute atomic E-state index is 0.357. The summed E-state index contributed by atoms with van der Waals surface area (Å²) in [5, 5.41) is 7.48. The molecule has 0 aliphatic rings. The summed E-state index contributed by atoms with van der Waals surface area (Å²) in [4.78, 5) is 4.43. The molecule has 0 fully saturated rings. The van der Waals surface area contributed by atoms with Crippen LogP contribution in [-0.2, 0) is 0 Å². The van der Waals surface area contributed by atoms with E-state index in [0.29, 0.717) is 17.5 Å². The average molecular weight is 229 g/mol. The Morgan fingerprint density at radius 2 is 2.07 bits per heavy atom. The molecule has 2 nitrogen and oxygen atoms in total. The van der Waals surface area contributed by atoms with Gasteiger partial charge in [-0.25, -0.2) is 0 Å². The van der Waals surface area contributed by atoms with E-state index in [1.807, 2.05) is 0 Å². The zero-order valence-electron chi connectivity index (χ0n) is 10.1. The first-order chi connectivity index (χ1) is 7.06. The number of alkyl halides is 1. The summed E-state index contributed by atoms with van der Waals surface area (Å²) >= 11 is 5.72. The highest BCUT2D eigenvalue weighted by Gasteiger charge is 2.05. The maximum absolute atomic E-state index is 7.48. The van der Waals surface area contributed by atoms with E-state index >= 15 is 0 Å². The Morgan fingerprint density at radius 1 is 1.47 bits per heavy atom. The number of nitrogens with one attached hydrogen (secondary N) is 1. The van der Waals surface area contributed by atoms with Crippen molar-refractivity contribution < 1.29 is 0 Å². The number of aliphatic imine (C=N–C) groups is 1. The van der Waals surface area contributed by atoms with Crippen LogP contribution in [0.1, 0.15) is 40.5 Å². The SMILES string of the molecule is CCC(=N/C=C(/CCl)C(C)=N)C(C)CC. The Kier molecular flexibility index (Phi) is 7.31. The van der Waals surface area contributed by atoms with E-state index in [1.54, 1.807) is 13.1 Å². The predicted octanol–water partition coefficient (Wildman–Crippen LogP) is 4.05. The fourth-order valence-electron chi connectivity index (χ4n) is 1.19. The van der Waals surface area contributed by atoms with Crippen LogP contribution in [0.3, 0.4) is 0 Å². The van der Waals surface area contributed by atoms with Crippen LogP contribution in [0.4, 0.5) is 0 Å². The number of halogens is 1. The lowest BCUT2D eigenvalue weighted by Gasteiger charge is -2.09. The molecule has 0 aliphatic heterocycles. The van der Waals surface area contributed by atoms with Gasteiger partial charge in [0.25, 0.3) is 0 Å². The molecule has 1 N–H and O–H groups in total. The Labute approximate surface area is 97.9 Å². The lowest BCUT2D eigenvalue weighted by atomic mass is 10.0. The number of hydrogen-bond donors (Lipinski definition) is 1. The van der Waals surface area contributed by atoms with Gasteiger partial charge < -0.3 is 5.41 Å². The largest absolute Gasteiger partial charge is 0.305 e. The quantitative estimate of drug-likeness (QED) is 0.526. The molecule has 0 aromatic rings. The molecule has 0 heterocycles. The minimum Gasteiger partial charge on any atom is -0.305 e. The molecule has 0 aromatic heterocycles. The van der Waals surface area contributed by atoms with Crippen LogP contribution in [-0.4, -0.2) is 17.3 Å². The van der Waals surface area contributed by atoms with Gasteiger partial charge in [0.15, 0.2) is 0 Å². The van der Waals surface area contributed by atoms with Crippen molar-refractivity contribution in [3.8, 4) is 0 Å². The lowest BCUT2D eigenvalue weighted by Crippen LogP contribution is -2.08. The van der Waals surface area contributed by atoms with Crippen molar-refractivity contribution in [2.24, 2.45) is 10.9 Å². The fourth-order valence-corrected chi connectivity index (χ4v) is 1.46. The highest BCUT2D eigenvalue weighted by atomic mass is 35.5. The Morgan fingerprint density at radius 3 is 2.40 bits per heavy atom. The van der Waals surface area contributed by atoms with Crippen molar-refractivity contribution in [3.05, 3.63) is 11.8 Å². The Bertz CT molecular complexity index is 267. The van der Waals surface area contributed by atoms with Crippen LogP contribution in [0.2, 0.25) is 0 Å². The second-order valence-electron chi connectivity index (χ2n) is 3.70. The molecule has 0 rings (SSSR count). The van der Waals surface area contributed by atoms with Crippen molar-refractivity contribution >= 4 is 23.0 Å². The van der Waals surface area contributed by atoms with Crippen molar-refractivity contribution in [2.45, 2.75) is 40.5 Å². The first-order valence-corrected chi connectivity index (χ1v) is 5.97. The van der Waals surface area contributed by atoms with E-state index in [4.69, 9.17) is 17.0 Å². The monoisotopic (exact) mass is 228 g/mol. The topological polar surface area (TPSA) is 36.2 Å². The summed E-state index contributed by atoms with van der Waals surface area (Å²) < 4.78 is 0. The van der Waals surface area contributed by atoms with Gasteiger partial charge in [0.1, 0.15) is 0 Å². The van der Waals surface area contributed by atoms with Crippen LogP contribution in [0.25, 0.3) is 0 Å². The molecule has 3 heteroatoms. The average Bonchev–Trinajstić information content (AvgIpc) is 2.23. The van der Waals surface area contributed by atoms with Crippen LogP contribution >= 0.6 is 11.6 Å². The molecule has 0 bridgehead atoms. The first-order valence-electron chi connectivity index (χ1n) is 5.43. The van der Waals surface area contributed by atoms with Gasteiger partial charge in [-0.15, -0.1) is 11.6 Å². The molecule has 0 amide bonds. The maximum Gasteiger partial charge on any atom is 0.0507 e. The zero-order chi connectivity index (χ0) is 11.8. The number of nitrogens with zero attached hydrogens (tertiary/aromatic N) is 1. The summed E-state index contributed by atoms with van der Waals surface area (Å²) in [5.74, 6) is 0.866. The van der Waals surface area contributed by atoms with Gasteiger partial charge in [-0.2, -0.15) is 0 Å². The summed E-state index contributed by atoms with van der Waals surface area (Å²) in [5.41, 5.74) is 2.47. The standard InChI is InChI=1S/C12H21ClN2/c1-5-9(3)12(6-2)15-8-11(7-13)10(4)14/h8-9,14H,5-7H2,1-4H3/b11-8-,14-10?,15-12?. The van der Waals surface area contributed by atoms with Gasteiger partial charge in [-0.05, 0) is 25.7 Å². The van der Waals surface area contributed by atoms with Crippen LogP contribution < -0.4 is 0 Å². The summed E-state index contributed by atoms with van der Waals surface area (Å²) in [7, 11) is 0. The third-order valence-electron chi connectivity index (χ3n) is 2.56.